The van der Waals surface area contributed by atoms with Gasteiger partial charge in [-0.1, -0.05) is 13.3 Å². The third-order valence-electron chi connectivity index (χ3n) is 3.64. The topological polar surface area (TPSA) is 50.3 Å². The van der Waals surface area contributed by atoms with Gasteiger partial charge < -0.3 is 4.90 Å². The second-order valence-corrected chi connectivity index (χ2v) is 5.15. The fourth-order valence-corrected chi connectivity index (χ4v) is 2.41. The summed E-state index contributed by atoms with van der Waals surface area (Å²) in [6.45, 7) is 2.80. The summed E-state index contributed by atoms with van der Waals surface area (Å²) in [7, 11) is 1.74. The van der Waals surface area contributed by atoms with Gasteiger partial charge in [0.05, 0.1) is 0 Å². The lowest BCUT2D eigenvalue weighted by atomic mass is 9.96. The molecule has 1 aliphatic rings. The lowest BCUT2D eigenvalue weighted by Gasteiger charge is -2.10. The Labute approximate surface area is 113 Å². The molecule has 0 saturated carbocycles. The molecular formula is C15H20N2O2. The standard InChI is InChI=1S/C15H20N2O2/c1-3-4-5-11-8-12(10-16-9-11)14(18)13-6-7-17(2)15(13)19/h8-10,13H,3-7H2,1-2H3. The lowest BCUT2D eigenvalue weighted by molar-refractivity contribution is -0.128. The van der Waals surface area contributed by atoms with E-state index in [0.29, 0.717) is 18.5 Å². The highest BCUT2D eigenvalue weighted by molar-refractivity contribution is 6.10. The first kappa shape index (κ1) is 13.7. The van der Waals surface area contributed by atoms with Crippen molar-refractivity contribution in [2.45, 2.75) is 32.6 Å². The number of likely N-dealkylation sites (tertiary alicyclic amines) is 1. The van der Waals surface area contributed by atoms with Gasteiger partial charge in [-0.2, -0.15) is 0 Å². The number of pyridine rings is 1. The monoisotopic (exact) mass is 260 g/mol. The van der Waals surface area contributed by atoms with Crippen LogP contribution in [0.15, 0.2) is 18.5 Å². The van der Waals surface area contributed by atoms with Crippen LogP contribution in [-0.4, -0.2) is 35.2 Å². The van der Waals surface area contributed by atoms with Gasteiger partial charge >= 0.3 is 0 Å². The minimum atomic E-state index is -0.506. The molecule has 19 heavy (non-hydrogen) atoms. The summed E-state index contributed by atoms with van der Waals surface area (Å²) < 4.78 is 0. The molecule has 1 aromatic rings. The molecule has 0 radical (unpaired) electrons. The Balaban J connectivity index is 2.13. The molecule has 0 bridgehead atoms. The average molecular weight is 260 g/mol. The number of hydrogen-bond donors (Lipinski definition) is 0. The predicted octanol–water partition coefficient (Wildman–Crippen LogP) is 2.09. The lowest BCUT2D eigenvalue weighted by Crippen LogP contribution is -2.27. The smallest absolute Gasteiger partial charge is 0.233 e. The quantitative estimate of drug-likeness (QED) is 0.601. The zero-order chi connectivity index (χ0) is 13.8. The number of nitrogens with zero attached hydrogens (tertiary/aromatic N) is 2. The number of unbranched alkanes of at least 4 members (excludes halogenated alkanes) is 1. The van der Waals surface area contributed by atoms with E-state index in [4.69, 9.17) is 0 Å². The van der Waals surface area contributed by atoms with E-state index < -0.39 is 5.92 Å². The van der Waals surface area contributed by atoms with E-state index in [9.17, 15) is 9.59 Å². The molecule has 2 rings (SSSR count). The molecule has 1 atom stereocenters. The van der Waals surface area contributed by atoms with Crippen molar-refractivity contribution in [3.8, 4) is 0 Å². The summed E-state index contributed by atoms with van der Waals surface area (Å²) in [5.41, 5.74) is 1.65. The van der Waals surface area contributed by atoms with E-state index in [1.807, 2.05) is 6.07 Å². The van der Waals surface area contributed by atoms with Gasteiger partial charge in [-0.3, -0.25) is 14.6 Å². The SMILES string of the molecule is CCCCc1cncc(C(=O)C2CCN(C)C2=O)c1. The van der Waals surface area contributed by atoms with Crippen molar-refractivity contribution >= 4 is 11.7 Å². The van der Waals surface area contributed by atoms with Crippen LogP contribution in [0, 0.1) is 5.92 Å². The van der Waals surface area contributed by atoms with Gasteiger partial charge in [-0.15, -0.1) is 0 Å². The Morgan fingerprint density at radius 2 is 2.26 bits per heavy atom. The molecule has 4 nitrogen and oxygen atoms in total. The van der Waals surface area contributed by atoms with E-state index in [1.54, 1.807) is 24.3 Å². The van der Waals surface area contributed by atoms with Crippen molar-refractivity contribution in [2.75, 3.05) is 13.6 Å². The largest absolute Gasteiger partial charge is 0.345 e. The van der Waals surface area contributed by atoms with Gasteiger partial charge in [-0.25, -0.2) is 0 Å². The Hall–Kier alpha value is -1.71. The number of carbonyl (C=O) groups is 2. The third-order valence-corrected chi connectivity index (χ3v) is 3.64. The van der Waals surface area contributed by atoms with E-state index >= 15 is 0 Å². The summed E-state index contributed by atoms with van der Waals surface area (Å²) in [5.74, 6) is -0.655. The molecule has 0 aromatic carbocycles. The zero-order valence-electron chi connectivity index (χ0n) is 11.6. The molecule has 1 fully saturated rings. The van der Waals surface area contributed by atoms with Crippen LogP contribution in [0.25, 0.3) is 0 Å². The number of hydrogen-bond acceptors (Lipinski definition) is 3. The molecular weight excluding hydrogens is 240 g/mol. The van der Waals surface area contributed by atoms with Crippen molar-refractivity contribution in [3.63, 3.8) is 0 Å². The first-order chi connectivity index (χ1) is 9.13. The van der Waals surface area contributed by atoms with Crippen LogP contribution in [0.2, 0.25) is 0 Å². The summed E-state index contributed by atoms with van der Waals surface area (Å²) in [6, 6.07) is 1.89. The van der Waals surface area contributed by atoms with Crippen molar-refractivity contribution in [2.24, 2.45) is 5.92 Å². The van der Waals surface area contributed by atoms with Gasteiger partial charge in [0.2, 0.25) is 5.91 Å². The van der Waals surface area contributed by atoms with Gasteiger partial charge in [0.1, 0.15) is 5.92 Å². The number of ketones is 1. The Bertz CT molecular complexity index is 485. The molecule has 1 aliphatic heterocycles. The molecule has 4 heteroatoms. The predicted molar refractivity (Wildman–Crippen MR) is 72.9 cm³/mol. The molecule has 0 N–H and O–H groups in total. The Morgan fingerprint density at radius 3 is 2.89 bits per heavy atom. The van der Waals surface area contributed by atoms with Crippen LogP contribution in [0.3, 0.4) is 0 Å². The van der Waals surface area contributed by atoms with Gasteiger partial charge in [0, 0.05) is 31.5 Å². The van der Waals surface area contributed by atoms with Crippen LogP contribution in [-0.2, 0) is 11.2 Å². The minimum Gasteiger partial charge on any atom is -0.345 e. The number of aromatic nitrogens is 1. The minimum absolute atomic E-state index is 0.0658. The van der Waals surface area contributed by atoms with Crippen molar-refractivity contribution in [1.82, 2.24) is 9.88 Å². The van der Waals surface area contributed by atoms with Crippen LogP contribution >= 0.6 is 0 Å². The fourth-order valence-electron chi connectivity index (χ4n) is 2.41. The molecule has 0 spiro atoms. The summed E-state index contributed by atoms with van der Waals surface area (Å²) in [4.78, 5) is 30.0. The van der Waals surface area contributed by atoms with E-state index in [2.05, 4.69) is 11.9 Å². The molecule has 102 valence electrons. The van der Waals surface area contributed by atoms with Crippen LogP contribution in [0.4, 0.5) is 0 Å². The Morgan fingerprint density at radius 1 is 1.47 bits per heavy atom. The highest BCUT2D eigenvalue weighted by Gasteiger charge is 2.35. The third kappa shape index (κ3) is 3.00. The second kappa shape index (κ2) is 5.95. The number of carbonyl (C=O) groups excluding carboxylic acids is 2. The summed E-state index contributed by atoms with van der Waals surface area (Å²) in [5, 5.41) is 0. The van der Waals surface area contributed by atoms with Gasteiger partial charge in [0.15, 0.2) is 5.78 Å². The van der Waals surface area contributed by atoms with Crippen molar-refractivity contribution in [3.05, 3.63) is 29.6 Å². The number of amides is 1. The number of rotatable bonds is 5. The van der Waals surface area contributed by atoms with Crippen LogP contribution < -0.4 is 0 Å². The first-order valence-electron chi connectivity index (χ1n) is 6.86. The molecule has 1 saturated heterocycles. The van der Waals surface area contributed by atoms with Crippen molar-refractivity contribution < 1.29 is 9.59 Å². The van der Waals surface area contributed by atoms with Crippen LogP contribution in [0.5, 0.6) is 0 Å². The van der Waals surface area contributed by atoms with Gasteiger partial charge in [-0.05, 0) is 30.9 Å². The maximum Gasteiger partial charge on any atom is 0.233 e. The molecule has 1 unspecified atom stereocenters. The highest BCUT2D eigenvalue weighted by Crippen LogP contribution is 2.21. The average Bonchev–Trinajstić information content (AvgIpc) is 2.76. The number of Topliss-reactive ketones (excluding diaryl/α,β-unsaturated/α-hetero) is 1. The molecule has 2 heterocycles. The maximum atomic E-state index is 12.3. The normalized spacial score (nSPS) is 18.9. The molecule has 1 aromatic heterocycles. The summed E-state index contributed by atoms with van der Waals surface area (Å²) >= 11 is 0. The van der Waals surface area contributed by atoms with E-state index in [-0.39, 0.29) is 11.7 Å². The maximum absolute atomic E-state index is 12.3. The van der Waals surface area contributed by atoms with Crippen LogP contribution in [0.1, 0.15) is 42.1 Å². The van der Waals surface area contributed by atoms with E-state index in [1.165, 1.54) is 0 Å². The summed E-state index contributed by atoms with van der Waals surface area (Å²) in [6.07, 6.45) is 7.13. The molecule has 0 aliphatic carbocycles. The van der Waals surface area contributed by atoms with E-state index in [0.717, 1.165) is 24.8 Å². The molecule has 1 amide bonds. The van der Waals surface area contributed by atoms with Crippen molar-refractivity contribution in [1.29, 1.82) is 0 Å². The second-order valence-electron chi connectivity index (χ2n) is 5.15. The fraction of sp³-hybridized carbons (Fsp3) is 0.533. The van der Waals surface area contributed by atoms with Gasteiger partial charge in [0.25, 0.3) is 0 Å². The highest BCUT2D eigenvalue weighted by atomic mass is 16.2. The number of aryl methyl sites for hydroxylation is 1. The first-order valence-corrected chi connectivity index (χ1v) is 6.86. The Kier molecular flexibility index (Phi) is 4.30. The zero-order valence-corrected chi connectivity index (χ0v) is 11.6.